The number of hydrogen-bond donors (Lipinski definition) is 0. The molecule has 0 aliphatic carbocycles. The van der Waals surface area contributed by atoms with Gasteiger partial charge in [0, 0.05) is 19.6 Å². The van der Waals surface area contributed by atoms with Gasteiger partial charge in [0.1, 0.15) is 11.6 Å². The first-order valence-corrected chi connectivity index (χ1v) is 9.97. The summed E-state index contributed by atoms with van der Waals surface area (Å²) in [5.74, 6) is 0.0399. The number of fused-ring (bicyclic) bond motifs is 1. The number of thiazole rings is 1. The Bertz CT molecular complexity index is 879. The van der Waals surface area contributed by atoms with E-state index < -0.39 is 0 Å². The Morgan fingerprint density at radius 2 is 1.93 bits per heavy atom. The monoisotopic (exact) mass is 381 g/mol. The van der Waals surface area contributed by atoms with Crippen molar-refractivity contribution in [3.05, 3.63) is 65.2 Å². The quantitative estimate of drug-likeness (QED) is 0.680. The first kappa shape index (κ1) is 18.1. The maximum Gasteiger partial charge on any atom is 0.249 e. The summed E-state index contributed by atoms with van der Waals surface area (Å²) < 4.78 is 6.86. The molecule has 1 fully saturated rings. The fourth-order valence-electron chi connectivity index (χ4n) is 3.47. The lowest BCUT2D eigenvalue weighted by Crippen LogP contribution is -2.50. The summed E-state index contributed by atoms with van der Waals surface area (Å²) in [6, 6.07) is 18.3. The van der Waals surface area contributed by atoms with Gasteiger partial charge in [0.05, 0.1) is 22.9 Å². The fourth-order valence-corrected chi connectivity index (χ4v) is 4.37. The Morgan fingerprint density at radius 3 is 2.74 bits per heavy atom. The van der Waals surface area contributed by atoms with Gasteiger partial charge in [-0.05, 0) is 24.7 Å². The molecular formula is C21H23N3O2S. The molecule has 27 heavy (non-hydrogen) atoms. The fraction of sp³-hybridized carbons (Fsp3) is 0.333. The number of aromatic nitrogens is 1. The van der Waals surface area contributed by atoms with Crippen LogP contribution in [0.25, 0.3) is 10.2 Å². The molecule has 1 aliphatic heterocycles. The molecular weight excluding hydrogens is 358 g/mol. The highest BCUT2D eigenvalue weighted by Crippen LogP contribution is 2.25. The number of para-hydroxylation sites is 1. The van der Waals surface area contributed by atoms with Crippen molar-refractivity contribution < 1.29 is 9.53 Å². The highest BCUT2D eigenvalue weighted by molar-refractivity contribution is 7.18. The van der Waals surface area contributed by atoms with E-state index in [0.29, 0.717) is 6.61 Å². The topological polar surface area (TPSA) is 45.7 Å². The summed E-state index contributed by atoms with van der Waals surface area (Å²) in [5.41, 5.74) is 2.15. The minimum atomic E-state index is 0.0399. The van der Waals surface area contributed by atoms with Crippen molar-refractivity contribution in [3.63, 3.8) is 0 Å². The molecule has 6 heteroatoms. The molecule has 0 N–H and O–H groups in total. The number of amides is 1. The molecule has 5 nitrogen and oxygen atoms in total. The van der Waals surface area contributed by atoms with Gasteiger partial charge >= 0.3 is 0 Å². The van der Waals surface area contributed by atoms with Crippen molar-refractivity contribution >= 4 is 27.5 Å². The van der Waals surface area contributed by atoms with Crippen LogP contribution in [0.3, 0.4) is 0 Å². The molecule has 0 radical (unpaired) electrons. The van der Waals surface area contributed by atoms with E-state index in [1.807, 2.05) is 41.3 Å². The van der Waals surface area contributed by atoms with Gasteiger partial charge in [0.15, 0.2) is 0 Å². The van der Waals surface area contributed by atoms with E-state index >= 15 is 0 Å². The van der Waals surface area contributed by atoms with Gasteiger partial charge in [0.25, 0.3) is 0 Å². The van der Waals surface area contributed by atoms with Gasteiger partial charge in [-0.25, -0.2) is 4.98 Å². The Morgan fingerprint density at radius 1 is 1.15 bits per heavy atom. The minimum Gasteiger partial charge on any atom is -0.364 e. The molecule has 1 amide bonds. The zero-order valence-electron chi connectivity index (χ0n) is 15.4. The number of rotatable bonds is 5. The van der Waals surface area contributed by atoms with E-state index in [1.54, 1.807) is 11.3 Å². The summed E-state index contributed by atoms with van der Waals surface area (Å²) in [4.78, 5) is 21.6. The number of likely N-dealkylation sites (N-methyl/N-ethyl adjacent to an activating group) is 1. The molecule has 3 aromatic rings. The van der Waals surface area contributed by atoms with Crippen LogP contribution in [-0.2, 0) is 16.1 Å². The van der Waals surface area contributed by atoms with Gasteiger partial charge in [-0.15, -0.1) is 11.3 Å². The molecule has 2 heterocycles. The lowest BCUT2D eigenvalue weighted by atomic mass is 10.0. The summed E-state index contributed by atoms with van der Waals surface area (Å²) in [6.45, 7) is 2.90. The standard InChI is InChI=1S/C21H23N3O2S/c1-23-11-12-24(18(13-23)16-7-3-2-4-8-16)21(25)15-26-14-20-22-17-9-5-6-10-19(17)27-20/h2-10,18H,11-15H2,1H3. The van der Waals surface area contributed by atoms with E-state index in [0.717, 1.165) is 34.9 Å². The largest absolute Gasteiger partial charge is 0.364 e. The zero-order chi connectivity index (χ0) is 18.6. The van der Waals surface area contributed by atoms with Crippen LogP contribution in [0, 0.1) is 0 Å². The molecule has 1 aromatic heterocycles. The number of nitrogens with zero attached hydrogens (tertiary/aromatic N) is 3. The van der Waals surface area contributed by atoms with E-state index in [2.05, 4.69) is 35.1 Å². The number of piperazine rings is 1. The van der Waals surface area contributed by atoms with Crippen LogP contribution in [0.15, 0.2) is 54.6 Å². The molecule has 0 bridgehead atoms. The third kappa shape index (κ3) is 4.18. The normalized spacial score (nSPS) is 18.1. The van der Waals surface area contributed by atoms with Crippen LogP contribution < -0.4 is 0 Å². The predicted octanol–water partition coefficient (Wildman–Crippen LogP) is 3.33. The van der Waals surface area contributed by atoms with Crippen molar-refractivity contribution in [2.24, 2.45) is 0 Å². The van der Waals surface area contributed by atoms with Crippen molar-refractivity contribution in [2.45, 2.75) is 12.6 Å². The Balaban J connectivity index is 1.38. The van der Waals surface area contributed by atoms with Gasteiger partial charge in [-0.3, -0.25) is 4.79 Å². The van der Waals surface area contributed by atoms with Crippen molar-refractivity contribution in [2.75, 3.05) is 33.3 Å². The summed E-state index contributed by atoms with van der Waals surface area (Å²) in [5, 5.41) is 0.905. The average Bonchev–Trinajstić information content (AvgIpc) is 3.11. The number of ether oxygens (including phenoxy) is 1. The number of benzene rings is 2. The van der Waals surface area contributed by atoms with Gasteiger partial charge in [-0.1, -0.05) is 42.5 Å². The SMILES string of the molecule is CN1CCN(C(=O)COCc2nc3ccccc3s2)C(c2ccccc2)C1. The minimum absolute atomic E-state index is 0.0399. The lowest BCUT2D eigenvalue weighted by molar-refractivity contribution is -0.141. The van der Waals surface area contributed by atoms with Gasteiger partial charge in [0.2, 0.25) is 5.91 Å². The Hall–Kier alpha value is -2.28. The predicted molar refractivity (Wildman–Crippen MR) is 108 cm³/mol. The van der Waals surface area contributed by atoms with Crippen LogP contribution in [0.5, 0.6) is 0 Å². The zero-order valence-corrected chi connectivity index (χ0v) is 16.2. The molecule has 1 unspecified atom stereocenters. The van der Waals surface area contributed by atoms with E-state index in [1.165, 1.54) is 5.56 Å². The summed E-state index contributed by atoms with van der Waals surface area (Å²) in [7, 11) is 2.10. The van der Waals surface area contributed by atoms with Crippen molar-refractivity contribution in [1.29, 1.82) is 0 Å². The molecule has 140 valence electrons. The molecule has 2 aromatic carbocycles. The lowest BCUT2D eigenvalue weighted by Gasteiger charge is -2.40. The van der Waals surface area contributed by atoms with Crippen LogP contribution >= 0.6 is 11.3 Å². The van der Waals surface area contributed by atoms with Crippen molar-refractivity contribution in [3.8, 4) is 0 Å². The van der Waals surface area contributed by atoms with Crippen LogP contribution in [-0.4, -0.2) is 54.0 Å². The third-order valence-corrected chi connectivity index (χ3v) is 5.89. The molecule has 1 aliphatic rings. The summed E-state index contributed by atoms with van der Waals surface area (Å²) in [6.07, 6.45) is 0. The number of carbonyl (C=O) groups is 1. The van der Waals surface area contributed by atoms with E-state index in [4.69, 9.17) is 4.74 Å². The van der Waals surface area contributed by atoms with E-state index in [-0.39, 0.29) is 18.6 Å². The second-order valence-corrected chi connectivity index (χ2v) is 7.96. The molecule has 1 saturated heterocycles. The molecule has 1 atom stereocenters. The van der Waals surface area contributed by atoms with Gasteiger partial charge in [-0.2, -0.15) is 0 Å². The summed E-state index contributed by atoms with van der Waals surface area (Å²) >= 11 is 1.61. The van der Waals surface area contributed by atoms with Gasteiger partial charge < -0.3 is 14.5 Å². The Labute approximate surface area is 163 Å². The highest BCUT2D eigenvalue weighted by atomic mass is 32.1. The van der Waals surface area contributed by atoms with Crippen LogP contribution in [0.1, 0.15) is 16.6 Å². The second-order valence-electron chi connectivity index (χ2n) is 6.84. The highest BCUT2D eigenvalue weighted by Gasteiger charge is 2.30. The maximum absolute atomic E-state index is 12.8. The van der Waals surface area contributed by atoms with Crippen LogP contribution in [0.4, 0.5) is 0 Å². The number of carbonyl (C=O) groups excluding carboxylic acids is 1. The Kier molecular flexibility index (Phi) is 5.48. The van der Waals surface area contributed by atoms with E-state index in [9.17, 15) is 4.79 Å². The third-order valence-electron chi connectivity index (χ3n) is 4.88. The van der Waals surface area contributed by atoms with Crippen molar-refractivity contribution in [1.82, 2.24) is 14.8 Å². The number of hydrogen-bond acceptors (Lipinski definition) is 5. The first-order valence-electron chi connectivity index (χ1n) is 9.16. The molecule has 4 rings (SSSR count). The first-order chi connectivity index (χ1) is 13.2. The molecule has 0 saturated carbocycles. The van der Waals surface area contributed by atoms with Crippen LogP contribution in [0.2, 0.25) is 0 Å². The maximum atomic E-state index is 12.8. The smallest absolute Gasteiger partial charge is 0.249 e. The average molecular weight is 382 g/mol. The second kappa shape index (κ2) is 8.17. The molecule has 0 spiro atoms.